The molecule has 7 heavy (non-hydrogen) atoms. The smallest absolute Gasteiger partial charge is 0.791 e. The van der Waals surface area contributed by atoms with Crippen molar-refractivity contribution in [2.45, 2.75) is 0 Å². The van der Waals surface area contributed by atoms with E-state index in [1.807, 2.05) is 0 Å². The van der Waals surface area contributed by atoms with Crippen LogP contribution in [0.1, 0.15) is 0 Å². The largest absolute Gasteiger partial charge is 2.00 e. The number of phosphoric acid groups is 1. The van der Waals surface area contributed by atoms with Gasteiger partial charge in [-0.15, -0.1) is 0 Å². The van der Waals surface area contributed by atoms with Crippen LogP contribution in [-0.2, 0) is 25.5 Å². The summed E-state index contributed by atoms with van der Waals surface area (Å²) in [6.07, 6.45) is 0. The van der Waals surface area contributed by atoms with Crippen LogP contribution in [0.4, 0.5) is 0 Å². The van der Waals surface area contributed by atoms with Crippen molar-refractivity contribution in [3.63, 3.8) is 0 Å². The summed E-state index contributed by atoms with van der Waals surface area (Å²) in [5.41, 5.74) is 0. The summed E-state index contributed by atoms with van der Waals surface area (Å²) in [5, 5.41) is 0. The van der Waals surface area contributed by atoms with E-state index in [9.17, 15) is 14.4 Å². The van der Waals surface area contributed by atoms with Gasteiger partial charge in [-0.05, 0) is 0 Å². The monoisotopic (exact) mass is 166 g/mol. The van der Waals surface area contributed by atoms with Gasteiger partial charge in [-0.1, -0.05) is 0 Å². The molecule has 0 bridgehead atoms. The minimum Gasteiger partial charge on any atom is -0.791 e. The third-order valence-corrected chi connectivity index (χ3v) is 0.671. The average molecular weight is 166 g/mol. The summed E-state index contributed by atoms with van der Waals surface area (Å²) in [7, 11) is -3.83. The molecule has 0 amide bonds. The summed E-state index contributed by atoms with van der Waals surface area (Å²) >= 11 is 0. The minimum absolute atomic E-state index is 0. The fraction of sp³-hybridized carbons (Fsp3) is 0. The molecule has 0 saturated heterocycles. The molecule has 0 aromatic rings. The van der Waals surface area contributed by atoms with Crippen molar-refractivity contribution in [2.75, 3.05) is 0 Å². The quantitative estimate of drug-likeness (QED) is 0.316. The fourth-order valence-corrected chi connectivity index (χ4v) is 0. The first-order chi connectivity index (χ1) is 2.56. The molecule has 0 spiro atoms. The van der Waals surface area contributed by atoms with Gasteiger partial charge < -0.3 is 18.8 Å². The maximum absolute atomic E-state index is 9.25. The molecule has 4 nitrogen and oxygen atoms in total. The van der Waals surface area contributed by atoms with E-state index < -0.39 is 7.82 Å². The van der Waals surface area contributed by atoms with Gasteiger partial charge >= 0.3 is 16.5 Å². The molecular formula is H2BNiO4P. The first kappa shape index (κ1) is 10.6. The second-order valence-corrected chi connectivity index (χ2v) is 1.89. The SMILES string of the molecule is BOP(=O)([O-])[O-].[Ni+2]. The van der Waals surface area contributed by atoms with Crippen molar-refractivity contribution >= 4 is 15.9 Å². The Balaban J connectivity index is 0. The minimum atomic E-state index is -4.65. The summed E-state index contributed by atoms with van der Waals surface area (Å²) in [6.45, 7) is 0. The Bertz CT molecular complexity index is 75.8. The topological polar surface area (TPSA) is 72.4 Å². The Morgan fingerprint density at radius 3 is 1.71 bits per heavy atom. The Kier molecular flexibility index (Phi) is 5.52. The molecule has 0 aliphatic rings. The van der Waals surface area contributed by atoms with Crippen LogP contribution in [0.3, 0.4) is 0 Å². The van der Waals surface area contributed by atoms with Gasteiger partial charge in [0.1, 0.15) is 0 Å². The zero-order chi connectivity index (χ0) is 5.21. The van der Waals surface area contributed by atoms with Crippen LogP contribution >= 0.6 is 7.82 Å². The van der Waals surface area contributed by atoms with E-state index in [-0.39, 0.29) is 16.5 Å². The van der Waals surface area contributed by atoms with Crippen molar-refractivity contribution < 1.29 is 35.3 Å². The summed E-state index contributed by atoms with van der Waals surface area (Å²) in [4.78, 5) is 18.5. The molecule has 0 unspecified atom stereocenters. The van der Waals surface area contributed by atoms with E-state index in [2.05, 4.69) is 4.44 Å². The van der Waals surface area contributed by atoms with Gasteiger partial charge in [0.15, 0.2) is 0 Å². The van der Waals surface area contributed by atoms with Crippen molar-refractivity contribution in [3.8, 4) is 0 Å². The van der Waals surface area contributed by atoms with Gasteiger partial charge in [0.05, 0.1) is 0 Å². The molecule has 7 heteroatoms. The molecule has 0 aliphatic heterocycles. The third-order valence-electron chi connectivity index (χ3n) is 0.224. The zero-order valence-corrected chi connectivity index (χ0v) is 5.28. The van der Waals surface area contributed by atoms with Crippen molar-refractivity contribution in [1.29, 1.82) is 0 Å². The van der Waals surface area contributed by atoms with Crippen LogP contribution in [0.25, 0.3) is 0 Å². The van der Waals surface area contributed by atoms with Crippen molar-refractivity contribution in [3.05, 3.63) is 0 Å². The normalized spacial score (nSPS) is 10.0. The number of rotatable bonds is 1. The second kappa shape index (κ2) is 3.64. The van der Waals surface area contributed by atoms with Crippen LogP contribution in [0.2, 0.25) is 0 Å². The van der Waals surface area contributed by atoms with Gasteiger partial charge in [-0.25, -0.2) is 0 Å². The second-order valence-electron chi connectivity index (χ2n) is 0.630. The van der Waals surface area contributed by atoms with Crippen molar-refractivity contribution in [2.24, 2.45) is 0 Å². The van der Waals surface area contributed by atoms with Gasteiger partial charge in [0.2, 0.25) is 0 Å². The van der Waals surface area contributed by atoms with E-state index in [4.69, 9.17) is 0 Å². The molecule has 44 valence electrons. The molecule has 0 saturated carbocycles. The average Bonchev–Trinajstić information content (AvgIpc) is 1.35. The fourth-order valence-electron chi connectivity index (χ4n) is 0. The van der Waals surface area contributed by atoms with Gasteiger partial charge in [-0.3, -0.25) is 0 Å². The molecular weight excluding hydrogens is 164 g/mol. The molecule has 0 aromatic carbocycles. The molecule has 0 fully saturated rings. The van der Waals surface area contributed by atoms with Gasteiger partial charge in [0, 0.05) is 7.82 Å². The molecule has 0 N–H and O–H groups in total. The summed E-state index contributed by atoms with van der Waals surface area (Å²) in [5.74, 6) is 0. The zero-order valence-electron chi connectivity index (χ0n) is 3.40. The van der Waals surface area contributed by atoms with Crippen LogP contribution < -0.4 is 9.79 Å². The Hall–Kier alpha value is 0.668. The first-order valence-electron chi connectivity index (χ1n) is 1.14. The summed E-state index contributed by atoms with van der Waals surface area (Å²) in [6, 6.07) is 0. The Labute approximate surface area is 51.9 Å². The maximum atomic E-state index is 9.25. The van der Waals surface area contributed by atoms with Crippen molar-refractivity contribution in [1.82, 2.24) is 0 Å². The van der Waals surface area contributed by atoms with E-state index in [0.29, 0.717) is 0 Å². The van der Waals surface area contributed by atoms with Crippen LogP contribution in [0, 0.1) is 0 Å². The summed E-state index contributed by atoms with van der Waals surface area (Å²) < 4.78 is 12.6. The standard InChI is InChI=1S/BH4O4P.Ni/c1-5-6(2,3)4;/h1H2,(H2,2,3,4);/q;+2/p-2. The van der Waals surface area contributed by atoms with Gasteiger partial charge in [0.25, 0.3) is 8.05 Å². The number of hydrogen-bond donors (Lipinski definition) is 0. The predicted octanol–water partition coefficient (Wildman–Crippen LogP) is -2.62. The molecule has 0 aliphatic carbocycles. The van der Waals surface area contributed by atoms with E-state index in [0.717, 1.165) is 8.05 Å². The maximum Gasteiger partial charge on any atom is 2.00 e. The van der Waals surface area contributed by atoms with Crippen LogP contribution in [0.5, 0.6) is 0 Å². The first-order valence-corrected chi connectivity index (χ1v) is 2.60. The van der Waals surface area contributed by atoms with E-state index in [1.54, 1.807) is 0 Å². The molecule has 0 heterocycles. The number of hydrogen-bond acceptors (Lipinski definition) is 4. The van der Waals surface area contributed by atoms with Crippen LogP contribution in [0.15, 0.2) is 0 Å². The van der Waals surface area contributed by atoms with E-state index >= 15 is 0 Å². The van der Waals surface area contributed by atoms with Crippen LogP contribution in [-0.4, -0.2) is 8.05 Å². The Morgan fingerprint density at radius 2 is 1.71 bits per heavy atom. The molecule has 0 atom stereocenters. The molecule has 0 rings (SSSR count). The molecule has 0 aromatic heterocycles. The third kappa shape index (κ3) is 10.8. The van der Waals surface area contributed by atoms with Gasteiger partial charge in [-0.2, -0.15) is 0 Å². The Morgan fingerprint density at radius 1 is 1.57 bits per heavy atom. The molecule has 0 radical (unpaired) electrons. The van der Waals surface area contributed by atoms with E-state index in [1.165, 1.54) is 0 Å². The predicted molar refractivity (Wildman–Crippen MR) is 17.2 cm³/mol.